The first kappa shape index (κ1) is 54.4. The highest BCUT2D eigenvalue weighted by atomic mass is 15.5. The molecule has 0 fully saturated rings. The number of benzene rings is 7. The van der Waals surface area contributed by atoms with Crippen molar-refractivity contribution in [2.75, 3.05) is 36.4 Å². The normalized spacial score (nSPS) is 20.4. The zero-order chi connectivity index (χ0) is 74.3. The molecule has 0 aliphatic carbocycles. The molecule has 500 valence electrons. The Balaban J connectivity index is 0.000000105. The fourth-order valence-corrected chi connectivity index (χ4v) is 15.6. The highest BCUT2D eigenvalue weighted by molar-refractivity contribution is 5.94. The van der Waals surface area contributed by atoms with Gasteiger partial charge in [-0.05, 0) is 176 Å². The molecule has 20 rings (SSSR count). The first-order chi connectivity index (χ1) is 51.4. The number of para-hydroxylation sites is 4. The number of aromatic nitrogens is 10. The van der Waals surface area contributed by atoms with Crippen LogP contribution in [0.15, 0.2) is 195 Å². The van der Waals surface area contributed by atoms with Crippen LogP contribution in [0.4, 0.5) is 57.1 Å². The van der Waals surface area contributed by atoms with E-state index >= 15 is 0 Å². The maximum Gasteiger partial charge on any atom is 0.178 e. The summed E-state index contributed by atoms with van der Waals surface area (Å²) < 4.78 is 63.0. The van der Waals surface area contributed by atoms with Crippen LogP contribution >= 0.6 is 0 Å². The van der Waals surface area contributed by atoms with E-state index in [-0.39, 0.29) is 24.7 Å². The molecular weight excluding hydrogens is 1240 g/mol. The number of allylic oxidation sites excluding steroid dienone is 4. The third kappa shape index (κ3) is 10.2. The zero-order valence-electron chi connectivity index (χ0n) is 64.5. The number of nitrogens with zero attached hydrogens (tertiary/aromatic N) is 18. The van der Waals surface area contributed by atoms with Gasteiger partial charge in [0.25, 0.3) is 0 Å². The largest absolute Gasteiger partial charge is 0.359 e. The molecular formula is C82H82N18. The van der Waals surface area contributed by atoms with Crippen LogP contribution in [0.2, 0.25) is 0 Å². The van der Waals surface area contributed by atoms with E-state index in [1.807, 2.05) is 68.4 Å². The molecule has 18 heteroatoms. The molecule has 0 amide bonds. The molecule has 0 N–H and O–H groups in total. The maximum absolute atomic E-state index is 8.38. The van der Waals surface area contributed by atoms with E-state index in [0.29, 0.717) is 0 Å². The van der Waals surface area contributed by atoms with Crippen molar-refractivity contribution in [2.45, 2.75) is 126 Å². The van der Waals surface area contributed by atoms with E-state index in [1.54, 1.807) is 29.7 Å². The molecule has 0 bridgehead atoms. The molecule has 8 aliphatic rings. The summed E-state index contributed by atoms with van der Waals surface area (Å²) in [6, 6.07) is 45.3. The van der Waals surface area contributed by atoms with Crippen LogP contribution in [-0.4, -0.2) is 95.6 Å². The summed E-state index contributed by atoms with van der Waals surface area (Å²) in [7, 11) is 0. The second-order valence-corrected chi connectivity index (χ2v) is 26.6. The van der Waals surface area contributed by atoms with Crippen molar-refractivity contribution in [2.24, 2.45) is 0 Å². The lowest BCUT2D eigenvalue weighted by Gasteiger charge is -2.33. The van der Waals surface area contributed by atoms with Crippen LogP contribution in [0.5, 0.6) is 0 Å². The van der Waals surface area contributed by atoms with Crippen molar-refractivity contribution < 1.29 is 9.60 Å². The number of aryl methyl sites for hydroxylation is 4. The summed E-state index contributed by atoms with van der Waals surface area (Å²) in [5.74, 6) is 6.05. The minimum Gasteiger partial charge on any atom is -0.359 e. The van der Waals surface area contributed by atoms with Crippen molar-refractivity contribution in [1.29, 1.82) is 0 Å². The van der Waals surface area contributed by atoms with E-state index in [0.717, 1.165) is 133 Å². The van der Waals surface area contributed by atoms with Crippen LogP contribution in [0, 0.1) is 27.7 Å². The van der Waals surface area contributed by atoms with Crippen LogP contribution in [-0.2, 0) is 25.7 Å². The van der Waals surface area contributed by atoms with Crippen LogP contribution in [0.1, 0.15) is 96.6 Å². The number of fused-ring (bicyclic) bond motifs is 14. The summed E-state index contributed by atoms with van der Waals surface area (Å²) in [6.45, 7) is 13.6. The number of imidazole rings is 4. The molecule has 12 aromatic rings. The van der Waals surface area contributed by atoms with Gasteiger partial charge in [0.15, 0.2) is 11.6 Å². The predicted molar refractivity (Wildman–Crippen MR) is 410 cm³/mol. The molecule has 7 aromatic carbocycles. The Kier molecular flexibility index (Phi) is 13.3. The van der Waals surface area contributed by atoms with Crippen molar-refractivity contribution in [3.63, 3.8) is 0 Å². The number of hydrogen-bond acceptors (Lipinski definition) is 14. The average molecular weight is 1330 g/mol. The van der Waals surface area contributed by atoms with Crippen molar-refractivity contribution in [3.05, 3.63) is 241 Å². The van der Waals surface area contributed by atoms with Crippen molar-refractivity contribution >= 4 is 126 Å². The minimum atomic E-state index is -2.41. The molecule has 13 heterocycles. The zero-order valence-corrected chi connectivity index (χ0v) is 57.5. The molecule has 8 aliphatic heterocycles. The molecule has 18 nitrogen and oxygen atoms in total. The van der Waals surface area contributed by atoms with E-state index in [9.17, 15) is 0 Å². The average Bonchev–Trinajstić information content (AvgIpc) is 1.59. The lowest BCUT2D eigenvalue weighted by atomic mass is 10.1. The fraction of sp³-hybridized carbons (Fsp3) is 0.244. The Morgan fingerprint density at radius 2 is 0.770 bits per heavy atom. The van der Waals surface area contributed by atoms with Gasteiger partial charge in [-0.15, -0.1) is 0 Å². The van der Waals surface area contributed by atoms with Crippen LogP contribution in [0.25, 0.3) is 68.9 Å². The standard InChI is InChI=1S/C25H22N4.C23H20N6.C18H22N4.C16H18N4/c1-17-15-20-24(27-14-8-13-25(27)26-20)16-23(17)29-18(2)28(19-9-4-3-5-10-19)21-11-6-7-12-22(21)29;1-15-13-18-20(27-12-6-9-21(27)26-18)14-19(15)29-16(2)28(17-7-4-3-5-8-17)22-23(29)25-11-10-24-22;1-12(2)20-8-9-21(14(20)4)16-11-17-15(10-13(16)3)19-18-6-5-7-22(17)18;1-11-9-13-15(20-6-4-5-16(20)17-13)10-14(11)19-8-7-18(3)12(19)2/h3-12,14-16,18H,13H2,1-2H3;3-8,10-14,16H,9H2,1-2H3;5,7-12,14H,6H2,1-4H3;4,6-10,12H,5H2,1-3H3/t18-;16-;14-;12-/m0000/s1/i;;1D3,12D;3D3/t;;12?,14-;m. The molecule has 5 atom stereocenters. The van der Waals surface area contributed by atoms with Crippen LogP contribution < -0.4 is 29.4 Å². The smallest absolute Gasteiger partial charge is 0.178 e. The Bertz CT molecular complexity index is 5520. The molecule has 0 saturated heterocycles. The van der Waals surface area contributed by atoms with E-state index in [2.05, 4.69) is 245 Å². The summed E-state index contributed by atoms with van der Waals surface area (Å²) in [5, 5.41) is 0. The van der Waals surface area contributed by atoms with Crippen molar-refractivity contribution in [3.8, 4) is 0 Å². The van der Waals surface area contributed by atoms with Gasteiger partial charge >= 0.3 is 0 Å². The van der Waals surface area contributed by atoms with Crippen molar-refractivity contribution in [1.82, 2.24) is 58.0 Å². The van der Waals surface area contributed by atoms with E-state index < -0.39 is 19.8 Å². The lowest BCUT2D eigenvalue weighted by Crippen LogP contribution is -2.39. The Morgan fingerprint density at radius 3 is 1.22 bits per heavy atom. The number of rotatable bonds is 7. The Hall–Kier alpha value is -11.7. The van der Waals surface area contributed by atoms with Gasteiger partial charge in [0.2, 0.25) is 0 Å². The van der Waals surface area contributed by atoms with Gasteiger partial charge in [-0.1, -0.05) is 72.8 Å². The quantitative estimate of drug-likeness (QED) is 0.150. The fourth-order valence-electron chi connectivity index (χ4n) is 15.6. The topological polar surface area (TPSA) is 123 Å². The SMILES string of the molecule is Cc1cc2nc3n(c2cc1N1c2ccccc2N(c2ccccc2)[C@@H]1C)C=CC3.Cc1cc2nc3n(c2cc1N1c2nccnc2N(c2ccccc2)[C@@H]1C)C=CC3.[2H]C([2H])([2H])C([2H])(C)N1C=CN(c2cc3c(cc2C)nc2n3C=CC2)[C@H]1C.[2H]C([2H])([2H])N1C=CN(c2cc3c(cc2C)nc2n3C=CC2)[C@H]1C. The predicted octanol–water partition coefficient (Wildman–Crippen LogP) is 17.5. The monoisotopic (exact) mass is 1330 g/mol. The maximum atomic E-state index is 8.38. The summed E-state index contributed by atoms with van der Waals surface area (Å²) in [5.41, 5.74) is 22.2. The molecule has 0 saturated carbocycles. The van der Waals surface area contributed by atoms with Gasteiger partial charge < -0.3 is 57.5 Å². The highest BCUT2D eigenvalue weighted by Crippen LogP contribution is 2.50. The third-order valence-electron chi connectivity index (χ3n) is 20.5. The molecule has 0 radical (unpaired) electrons. The van der Waals surface area contributed by atoms with Crippen LogP contribution in [0.3, 0.4) is 0 Å². The van der Waals surface area contributed by atoms with Gasteiger partial charge in [0.1, 0.15) is 48.0 Å². The lowest BCUT2D eigenvalue weighted by molar-refractivity contribution is 0.263. The van der Waals surface area contributed by atoms with Gasteiger partial charge in [-0.2, -0.15) is 0 Å². The molecule has 100 heavy (non-hydrogen) atoms. The minimum absolute atomic E-state index is 0.0439. The van der Waals surface area contributed by atoms with Gasteiger partial charge in [0.05, 0.1) is 56.9 Å². The van der Waals surface area contributed by atoms with Gasteiger partial charge in [-0.3, -0.25) is 0 Å². The Morgan fingerprint density at radius 1 is 0.390 bits per heavy atom. The first-order valence-electron chi connectivity index (χ1n) is 37.8. The number of hydrogen-bond donors (Lipinski definition) is 0. The second-order valence-electron chi connectivity index (χ2n) is 26.6. The van der Waals surface area contributed by atoms with Gasteiger partial charge in [-0.25, -0.2) is 29.9 Å². The molecule has 1 unspecified atom stereocenters. The molecule has 5 aromatic heterocycles. The third-order valence-corrected chi connectivity index (χ3v) is 20.5. The first-order valence-corrected chi connectivity index (χ1v) is 34.3. The highest BCUT2D eigenvalue weighted by Gasteiger charge is 2.39. The van der Waals surface area contributed by atoms with E-state index in [1.165, 1.54) is 51.2 Å². The van der Waals surface area contributed by atoms with E-state index in [4.69, 9.17) is 24.5 Å². The van der Waals surface area contributed by atoms with Gasteiger partial charge in [0, 0.05) is 143 Å². The summed E-state index contributed by atoms with van der Waals surface area (Å²) in [4.78, 5) is 44.7. The molecule has 0 spiro atoms. The summed E-state index contributed by atoms with van der Waals surface area (Å²) in [6.07, 6.45) is 30.6. The Labute approximate surface area is 593 Å². The summed E-state index contributed by atoms with van der Waals surface area (Å²) >= 11 is 0. The number of anilines is 10. The second kappa shape index (κ2) is 24.4.